The summed E-state index contributed by atoms with van der Waals surface area (Å²) in [5.41, 5.74) is 0.562. The maximum absolute atomic E-state index is 13.6. The van der Waals surface area contributed by atoms with Gasteiger partial charge in [-0.05, 0) is 64.4 Å². The summed E-state index contributed by atoms with van der Waals surface area (Å²) < 4.78 is 30.9. The first kappa shape index (κ1) is 37.0. The van der Waals surface area contributed by atoms with E-state index in [-0.39, 0.29) is 24.8 Å². The summed E-state index contributed by atoms with van der Waals surface area (Å²) in [7, 11) is -2.67. The number of hydrogen-bond donors (Lipinski definition) is 1. The predicted molar refractivity (Wildman–Crippen MR) is 175 cm³/mol. The third-order valence-corrected chi connectivity index (χ3v) is 9.47. The molecule has 0 amide bonds. The number of benzene rings is 1. The van der Waals surface area contributed by atoms with Crippen molar-refractivity contribution in [2.75, 3.05) is 6.61 Å². The molecule has 242 valence electrons. The average molecular weight is 608 g/mol. The largest absolute Gasteiger partial charge is 0.461 e. The topological polar surface area (TPSA) is 73.9 Å². The second-order valence-electron chi connectivity index (χ2n) is 12.8. The molecular formula is C35H62NO5P. The molecule has 0 saturated carbocycles. The highest BCUT2D eigenvalue weighted by atomic mass is 31.1. The number of hydrogen-bond acceptors (Lipinski definition) is 5. The zero-order chi connectivity index (χ0) is 30.5. The number of carbonyl (C=O) groups excluding carboxylic acids is 1. The van der Waals surface area contributed by atoms with Crippen LogP contribution in [-0.2, 0) is 29.8 Å². The fourth-order valence-corrected chi connectivity index (χ4v) is 6.85. The van der Waals surface area contributed by atoms with Gasteiger partial charge in [-0.1, -0.05) is 121 Å². The summed E-state index contributed by atoms with van der Waals surface area (Å²) in [6.07, 6.45) is 21.5. The van der Waals surface area contributed by atoms with Crippen molar-refractivity contribution in [2.24, 2.45) is 0 Å². The molecule has 2 rings (SSSR count). The van der Waals surface area contributed by atoms with Gasteiger partial charge in [0.1, 0.15) is 12.1 Å². The number of carbonyl (C=O) groups is 1. The molecule has 1 aliphatic heterocycles. The van der Waals surface area contributed by atoms with Crippen LogP contribution in [-0.4, -0.2) is 36.4 Å². The Morgan fingerprint density at radius 1 is 0.929 bits per heavy atom. The lowest BCUT2D eigenvalue weighted by Crippen LogP contribution is -2.39. The van der Waals surface area contributed by atoms with Crippen LogP contribution in [0, 0.1) is 0 Å². The maximum Gasteiger partial charge on any atom is 0.324 e. The number of nitrogens with one attached hydrogen (secondary N) is 1. The van der Waals surface area contributed by atoms with Crippen LogP contribution in [0.4, 0.5) is 0 Å². The molecule has 1 aromatic rings. The number of rotatable bonds is 25. The molecular weight excluding hydrogens is 545 g/mol. The number of esters is 1. The van der Waals surface area contributed by atoms with Crippen molar-refractivity contribution in [3.8, 4) is 0 Å². The Bertz CT molecular complexity index is 835. The lowest BCUT2D eigenvalue weighted by molar-refractivity contribution is -0.152. The molecule has 7 heteroatoms. The zero-order valence-electron chi connectivity index (χ0n) is 27.3. The Hall–Kier alpha value is -1.20. The Morgan fingerprint density at radius 3 is 2.00 bits per heavy atom. The van der Waals surface area contributed by atoms with Crippen LogP contribution in [0.5, 0.6) is 0 Å². The monoisotopic (exact) mass is 607 g/mol. The SMILES string of the molecule is CCCCCCCCCC(CCCCCCCCC)OC(=O)[C@H](Cc1ccccc1)N[PH](=O)OC[C@]1(C)CC[C@H](C)O1. The van der Waals surface area contributed by atoms with Crippen LogP contribution in [0.1, 0.15) is 149 Å². The third kappa shape index (κ3) is 16.6. The molecule has 1 heterocycles. The minimum absolute atomic E-state index is 0.0978. The van der Waals surface area contributed by atoms with Gasteiger partial charge in [-0.3, -0.25) is 9.36 Å². The second kappa shape index (κ2) is 22.3. The summed E-state index contributed by atoms with van der Waals surface area (Å²) in [5.74, 6) is -0.325. The first-order valence-electron chi connectivity index (χ1n) is 17.2. The molecule has 0 spiro atoms. The summed E-state index contributed by atoms with van der Waals surface area (Å²) in [4.78, 5) is 13.6. The van der Waals surface area contributed by atoms with Crippen molar-refractivity contribution in [1.82, 2.24) is 5.09 Å². The van der Waals surface area contributed by atoms with E-state index in [0.717, 1.165) is 44.1 Å². The van der Waals surface area contributed by atoms with Gasteiger partial charge in [0.2, 0.25) is 0 Å². The van der Waals surface area contributed by atoms with Crippen LogP contribution < -0.4 is 5.09 Å². The molecule has 0 aliphatic carbocycles. The van der Waals surface area contributed by atoms with E-state index in [0.29, 0.717) is 6.42 Å². The molecule has 1 N–H and O–H groups in total. The highest BCUT2D eigenvalue weighted by Crippen LogP contribution is 2.33. The fourth-order valence-electron chi connectivity index (χ4n) is 5.83. The summed E-state index contributed by atoms with van der Waals surface area (Å²) >= 11 is 0. The predicted octanol–water partition coefficient (Wildman–Crippen LogP) is 9.74. The van der Waals surface area contributed by atoms with E-state index in [1.807, 2.05) is 44.2 Å². The number of ether oxygens (including phenoxy) is 2. The van der Waals surface area contributed by atoms with E-state index in [4.69, 9.17) is 14.0 Å². The fraction of sp³-hybridized carbons (Fsp3) is 0.800. The van der Waals surface area contributed by atoms with Crippen molar-refractivity contribution >= 4 is 14.1 Å². The lowest BCUT2D eigenvalue weighted by Gasteiger charge is -2.25. The molecule has 1 aromatic carbocycles. The molecule has 0 radical (unpaired) electrons. The summed E-state index contributed by atoms with van der Waals surface area (Å²) in [6, 6.07) is 9.13. The maximum atomic E-state index is 13.6. The molecule has 1 saturated heterocycles. The highest BCUT2D eigenvalue weighted by Gasteiger charge is 2.35. The quantitative estimate of drug-likeness (QED) is 0.0678. The van der Waals surface area contributed by atoms with Crippen molar-refractivity contribution in [1.29, 1.82) is 0 Å². The van der Waals surface area contributed by atoms with E-state index in [1.54, 1.807) is 0 Å². The van der Waals surface area contributed by atoms with Crippen LogP contribution in [0.2, 0.25) is 0 Å². The van der Waals surface area contributed by atoms with E-state index >= 15 is 0 Å². The second-order valence-corrected chi connectivity index (χ2v) is 13.9. The normalized spacial score (nSPS) is 20.2. The van der Waals surface area contributed by atoms with Gasteiger partial charge in [0.15, 0.2) is 0 Å². The minimum atomic E-state index is -2.67. The first-order chi connectivity index (χ1) is 20.3. The van der Waals surface area contributed by atoms with Crippen LogP contribution in [0.25, 0.3) is 0 Å². The summed E-state index contributed by atoms with van der Waals surface area (Å²) in [6.45, 7) is 8.79. The Kier molecular flexibility index (Phi) is 19.7. The Labute approximate surface area is 258 Å². The molecule has 4 atom stereocenters. The van der Waals surface area contributed by atoms with Gasteiger partial charge < -0.3 is 14.0 Å². The standard InChI is InChI=1S/C35H62NO5P/c1-5-7-9-11-13-15-20-24-32(25-21-16-14-12-10-8-6-2)40-34(37)33(28-31-22-18-17-19-23-31)36-42(38)39-29-35(4)27-26-30(3)41-35/h17-19,22-23,30,32-33,42H,5-16,20-21,24-29H2,1-4H3,(H,36,38)/t30-,33-,35-/m0/s1. The Morgan fingerprint density at radius 2 is 1.48 bits per heavy atom. The van der Waals surface area contributed by atoms with E-state index < -0.39 is 19.8 Å². The van der Waals surface area contributed by atoms with Crippen molar-refractivity contribution < 1.29 is 23.4 Å². The van der Waals surface area contributed by atoms with Gasteiger partial charge in [-0.15, -0.1) is 0 Å². The van der Waals surface area contributed by atoms with E-state index in [1.165, 1.54) is 77.0 Å². The first-order valence-corrected chi connectivity index (χ1v) is 18.5. The lowest BCUT2D eigenvalue weighted by atomic mass is 10.0. The van der Waals surface area contributed by atoms with Gasteiger partial charge in [0, 0.05) is 0 Å². The molecule has 1 fully saturated rings. The van der Waals surface area contributed by atoms with E-state index in [9.17, 15) is 9.36 Å². The average Bonchev–Trinajstić information content (AvgIpc) is 3.33. The molecule has 1 aliphatic rings. The Balaban J connectivity index is 1.95. The number of unbranched alkanes of at least 4 members (excludes halogenated alkanes) is 12. The molecule has 42 heavy (non-hydrogen) atoms. The molecule has 0 bridgehead atoms. The van der Waals surface area contributed by atoms with Gasteiger partial charge >= 0.3 is 5.97 Å². The third-order valence-electron chi connectivity index (χ3n) is 8.48. The molecule has 6 nitrogen and oxygen atoms in total. The summed E-state index contributed by atoms with van der Waals surface area (Å²) in [5, 5.41) is 3.01. The molecule has 0 aromatic heterocycles. The van der Waals surface area contributed by atoms with Crippen molar-refractivity contribution in [3.63, 3.8) is 0 Å². The van der Waals surface area contributed by atoms with Gasteiger partial charge in [0.25, 0.3) is 8.18 Å². The smallest absolute Gasteiger partial charge is 0.324 e. The van der Waals surface area contributed by atoms with Crippen molar-refractivity contribution in [2.45, 2.75) is 174 Å². The van der Waals surface area contributed by atoms with Crippen molar-refractivity contribution in [3.05, 3.63) is 35.9 Å². The zero-order valence-corrected chi connectivity index (χ0v) is 28.3. The minimum Gasteiger partial charge on any atom is -0.461 e. The van der Waals surface area contributed by atoms with E-state index in [2.05, 4.69) is 18.9 Å². The van der Waals surface area contributed by atoms with Gasteiger partial charge in [-0.25, -0.2) is 5.09 Å². The highest BCUT2D eigenvalue weighted by molar-refractivity contribution is 7.36. The molecule has 1 unspecified atom stereocenters. The van der Waals surface area contributed by atoms with Gasteiger partial charge in [-0.2, -0.15) is 0 Å². The van der Waals surface area contributed by atoms with Crippen LogP contribution in [0.15, 0.2) is 30.3 Å². The van der Waals surface area contributed by atoms with Crippen LogP contribution >= 0.6 is 8.18 Å². The van der Waals surface area contributed by atoms with Gasteiger partial charge in [0.05, 0.1) is 18.3 Å². The van der Waals surface area contributed by atoms with Crippen LogP contribution in [0.3, 0.4) is 0 Å².